The van der Waals surface area contributed by atoms with Gasteiger partial charge >= 0.3 is 0 Å². The highest BCUT2D eigenvalue weighted by atomic mass is 16.5. The Hall–Kier alpha value is -2.30. The Kier molecular flexibility index (Phi) is 3.88. The van der Waals surface area contributed by atoms with Crippen molar-refractivity contribution in [3.05, 3.63) is 40.2 Å². The van der Waals surface area contributed by atoms with E-state index in [1.54, 1.807) is 25.3 Å². The number of carbonyl (C=O) groups is 1. The maximum absolute atomic E-state index is 12.7. The third-order valence-electron chi connectivity index (χ3n) is 4.39. The minimum Gasteiger partial charge on any atom is -0.497 e. The first-order chi connectivity index (χ1) is 10.6. The summed E-state index contributed by atoms with van der Waals surface area (Å²) in [6, 6.07) is 7.31. The maximum Gasteiger partial charge on any atom is 0.261 e. The van der Waals surface area contributed by atoms with Crippen molar-refractivity contribution in [2.75, 3.05) is 13.7 Å². The molecule has 0 spiro atoms. The molecule has 1 saturated heterocycles. The summed E-state index contributed by atoms with van der Waals surface area (Å²) < 4.78 is 5.20. The quantitative estimate of drug-likeness (QED) is 0.947. The average Bonchev–Trinajstić information content (AvgIpc) is 3.01. The molecule has 1 atom stereocenters. The predicted molar refractivity (Wildman–Crippen MR) is 85.5 cm³/mol. The number of nitrogens with zero attached hydrogens (tertiary/aromatic N) is 1. The molecule has 1 fully saturated rings. The van der Waals surface area contributed by atoms with E-state index in [0.717, 1.165) is 31.2 Å². The molecule has 1 aliphatic heterocycles. The zero-order chi connectivity index (χ0) is 15.7. The third kappa shape index (κ3) is 2.47. The Morgan fingerprint density at radius 2 is 2.23 bits per heavy atom. The molecule has 1 amide bonds. The van der Waals surface area contributed by atoms with Crippen LogP contribution in [0.25, 0.3) is 10.9 Å². The lowest BCUT2D eigenvalue weighted by molar-refractivity contribution is 0.0732. The van der Waals surface area contributed by atoms with Crippen LogP contribution in [0, 0.1) is 0 Å². The smallest absolute Gasteiger partial charge is 0.261 e. The lowest BCUT2D eigenvalue weighted by Crippen LogP contribution is -2.38. The van der Waals surface area contributed by atoms with Crippen LogP contribution in [0.2, 0.25) is 0 Å². The van der Waals surface area contributed by atoms with Crippen molar-refractivity contribution in [2.45, 2.75) is 32.2 Å². The summed E-state index contributed by atoms with van der Waals surface area (Å²) in [6.07, 6.45) is 2.94. The summed E-state index contributed by atoms with van der Waals surface area (Å²) in [5.74, 6) is 0.529. The van der Waals surface area contributed by atoms with E-state index in [0.29, 0.717) is 11.3 Å². The van der Waals surface area contributed by atoms with E-state index in [4.69, 9.17) is 4.74 Å². The molecule has 116 valence electrons. The molecule has 0 radical (unpaired) electrons. The fourth-order valence-electron chi connectivity index (χ4n) is 3.15. The number of fused-ring (bicyclic) bond motifs is 1. The Balaban J connectivity index is 2.04. The zero-order valence-corrected chi connectivity index (χ0v) is 12.9. The number of hydrogen-bond donors (Lipinski definition) is 1. The summed E-state index contributed by atoms with van der Waals surface area (Å²) in [4.78, 5) is 29.6. The monoisotopic (exact) mass is 300 g/mol. The molecule has 1 aromatic carbocycles. The van der Waals surface area contributed by atoms with Gasteiger partial charge in [-0.2, -0.15) is 0 Å². The second kappa shape index (κ2) is 5.83. The largest absolute Gasteiger partial charge is 0.497 e. The highest BCUT2D eigenvalue weighted by Crippen LogP contribution is 2.23. The molecule has 1 aliphatic rings. The van der Waals surface area contributed by atoms with E-state index < -0.39 is 0 Å². The van der Waals surface area contributed by atoms with E-state index in [9.17, 15) is 9.59 Å². The Labute approximate surface area is 128 Å². The van der Waals surface area contributed by atoms with Gasteiger partial charge in [-0.05, 0) is 43.5 Å². The van der Waals surface area contributed by atoms with Crippen LogP contribution >= 0.6 is 0 Å². The number of aromatic amines is 1. The summed E-state index contributed by atoms with van der Waals surface area (Å²) in [7, 11) is 1.59. The van der Waals surface area contributed by atoms with Crippen molar-refractivity contribution in [2.24, 2.45) is 0 Å². The van der Waals surface area contributed by atoms with Crippen molar-refractivity contribution in [1.82, 2.24) is 9.88 Å². The van der Waals surface area contributed by atoms with Crippen LogP contribution in [-0.4, -0.2) is 35.5 Å². The van der Waals surface area contributed by atoms with Gasteiger partial charge in [-0.3, -0.25) is 9.59 Å². The number of benzene rings is 1. The number of rotatable bonds is 3. The lowest BCUT2D eigenvalue weighted by Gasteiger charge is -2.23. The van der Waals surface area contributed by atoms with Crippen LogP contribution in [0.5, 0.6) is 5.75 Å². The van der Waals surface area contributed by atoms with E-state index in [-0.39, 0.29) is 23.1 Å². The van der Waals surface area contributed by atoms with Gasteiger partial charge in [0.1, 0.15) is 11.3 Å². The number of hydrogen-bond acceptors (Lipinski definition) is 3. The van der Waals surface area contributed by atoms with Crippen molar-refractivity contribution >= 4 is 16.8 Å². The number of pyridine rings is 1. The molecule has 2 aromatic rings. The normalized spacial score (nSPS) is 17.9. The van der Waals surface area contributed by atoms with Crippen LogP contribution < -0.4 is 10.3 Å². The first kappa shape index (κ1) is 14.6. The molecule has 1 unspecified atom stereocenters. The standard InChI is InChI=1S/C17H20N2O3/c1-3-12-5-4-8-19(12)17(21)14-10-11-9-13(22-2)6-7-15(11)18-16(14)20/h6-7,9-10,12H,3-5,8H2,1-2H3,(H,18,20). The van der Waals surface area contributed by atoms with Crippen LogP contribution in [0.1, 0.15) is 36.5 Å². The molecule has 1 N–H and O–H groups in total. The minimum absolute atomic E-state index is 0.171. The molecule has 5 heteroatoms. The zero-order valence-electron chi connectivity index (χ0n) is 12.9. The first-order valence-corrected chi connectivity index (χ1v) is 7.66. The molecular weight excluding hydrogens is 280 g/mol. The van der Waals surface area contributed by atoms with Crippen molar-refractivity contribution in [3.63, 3.8) is 0 Å². The molecule has 2 heterocycles. The number of nitrogens with one attached hydrogen (secondary N) is 1. The highest BCUT2D eigenvalue weighted by Gasteiger charge is 2.29. The molecule has 0 bridgehead atoms. The van der Waals surface area contributed by atoms with E-state index in [2.05, 4.69) is 11.9 Å². The minimum atomic E-state index is -0.329. The fourth-order valence-corrected chi connectivity index (χ4v) is 3.15. The summed E-state index contributed by atoms with van der Waals surface area (Å²) in [5, 5.41) is 0.801. The number of amides is 1. The van der Waals surface area contributed by atoms with Crippen LogP contribution in [0.15, 0.2) is 29.1 Å². The molecule has 0 aliphatic carbocycles. The van der Waals surface area contributed by atoms with Gasteiger partial charge in [-0.15, -0.1) is 0 Å². The highest BCUT2D eigenvalue weighted by molar-refractivity contribution is 5.97. The Bertz CT molecular complexity index is 766. The molecule has 5 nitrogen and oxygen atoms in total. The number of H-pyrrole nitrogens is 1. The van der Waals surface area contributed by atoms with E-state index in [1.807, 2.05) is 11.0 Å². The van der Waals surface area contributed by atoms with Gasteiger partial charge in [0.15, 0.2) is 0 Å². The SMILES string of the molecule is CCC1CCCN1C(=O)c1cc2cc(OC)ccc2[nH]c1=O. The lowest BCUT2D eigenvalue weighted by atomic mass is 10.1. The summed E-state index contributed by atoms with van der Waals surface area (Å²) in [5.41, 5.74) is 0.585. The number of ether oxygens (including phenoxy) is 1. The number of aromatic nitrogens is 1. The molecule has 1 aromatic heterocycles. The van der Waals surface area contributed by atoms with Gasteiger partial charge in [-0.25, -0.2) is 0 Å². The van der Waals surface area contributed by atoms with Crippen molar-refractivity contribution < 1.29 is 9.53 Å². The second-order valence-corrected chi connectivity index (χ2v) is 5.67. The van der Waals surface area contributed by atoms with Crippen LogP contribution in [0.3, 0.4) is 0 Å². The van der Waals surface area contributed by atoms with Gasteiger partial charge in [0.2, 0.25) is 0 Å². The van der Waals surface area contributed by atoms with Crippen LogP contribution in [-0.2, 0) is 0 Å². The van der Waals surface area contributed by atoms with E-state index >= 15 is 0 Å². The molecule has 22 heavy (non-hydrogen) atoms. The van der Waals surface area contributed by atoms with Gasteiger partial charge in [0.05, 0.1) is 7.11 Å². The second-order valence-electron chi connectivity index (χ2n) is 5.67. The third-order valence-corrected chi connectivity index (χ3v) is 4.39. The fraction of sp³-hybridized carbons (Fsp3) is 0.412. The molecule has 0 saturated carbocycles. The average molecular weight is 300 g/mol. The number of likely N-dealkylation sites (tertiary alicyclic amines) is 1. The van der Waals surface area contributed by atoms with Crippen molar-refractivity contribution in [1.29, 1.82) is 0 Å². The number of methoxy groups -OCH3 is 1. The number of carbonyl (C=O) groups excluding carboxylic acids is 1. The van der Waals surface area contributed by atoms with E-state index in [1.165, 1.54) is 0 Å². The predicted octanol–water partition coefficient (Wildman–Crippen LogP) is 2.55. The Morgan fingerprint density at radius 1 is 1.41 bits per heavy atom. The maximum atomic E-state index is 12.7. The van der Waals surface area contributed by atoms with Crippen molar-refractivity contribution in [3.8, 4) is 5.75 Å². The van der Waals surface area contributed by atoms with Gasteiger partial charge < -0.3 is 14.6 Å². The Morgan fingerprint density at radius 3 is 2.95 bits per heavy atom. The molecular formula is C17H20N2O3. The van der Waals surface area contributed by atoms with Gasteiger partial charge in [-0.1, -0.05) is 6.92 Å². The summed E-state index contributed by atoms with van der Waals surface area (Å²) >= 11 is 0. The topological polar surface area (TPSA) is 62.4 Å². The van der Waals surface area contributed by atoms with Crippen LogP contribution in [0.4, 0.5) is 0 Å². The van der Waals surface area contributed by atoms with Gasteiger partial charge in [0.25, 0.3) is 11.5 Å². The summed E-state index contributed by atoms with van der Waals surface area (Å²) in [6.45, 7) is 2.80. The first-order valence-electron chi connectivity index (χ1n) is 7.66. The molecule has 3 rings (SSSR count). The van der Waals surface area contributed by atoms with Gasteiger partial charge in [0, 0.05) is 23.5 Å².